The van der Waals surface area contributed by atoms with Crippen LogP contribution in [-0.2, 0) is 13.0 Å². The number of hydrogen-bond donors (Lipinski definition) is 2. The van der Waals surface area contributed by atoms with Gasteiger partial charge in [0.2, 0.25) is 0 Å². The molecule has 0 fully saturated rings. The third kappa shape index (κ3) is 7.46. The maximum absolute atomic E-state index is 5.44. The van der Waals surface area contributed by atoms with Gasteiger partial charge in [-0.2, -0.15) is 0 Å². The average molecular weight is 518 g/mol. The number of nitrogens with zero attached hydrogens (tertiary/aromatic N) is 2. The molecule has 0 saturated heterocycles. The maximum atomic E-state index is 5.44. The largest absolute Gasteiger partial charge is 0.497 e. The second-order valence-electron chi connectivity index (χ2n) is 6.38. The van der Waals surface area contributed by atoms with Gasteiger partial charge in [0.05, 0.1) is 31.5 Å². The van der Waals surface area contributed by atoms with E-state index in [1.165, 1.54) is 5.01 Å². The normalized spacial score (nSPS) is 11.1. The fourth-order valence-corrected chi connectivity index (χ4v) is 3.37. The van der Waals surface area contributed by atoms with Gasteiger partial charge in [-0.05, 0) is 19.1 Å². The predicted octanol–water partition coefficient (Wildman–Crippen LogP) is 4.20. The summed E-state index contributed by atoms with van der Waals surface area (Å²) in [5.74, 6) is 2.82. The predicted molar refractivity (Wildman–Crippen MR) is 128 cm³/mol. The molecule has 0 bridgehead atoms. The third-order valence-corrected chi connectivity index (χ3v) is 5.18. The number of aromatic nitrogens is 1. The summed E-state index contributed by atoms with van der Waals surface area (Å²) in [4.78, 5) is 9.34. The molecular weight excluding hydrogens is 487 g/mol. The second-order valence-corrected chi connectivity index (χ2v) is 7.27. The Kier molecular flexibility index (Phi) is 11.2. The first kappa shape index (κ1) is 24.5. The molecule has 2 N–H and O–H groups in total. The van der Waals surface area contributed by atoms with E-state index in [1.807, 2.05) is 18.2 Å². The lowest BCUT2D eigenvalue weighted by Gasteiger charge is -2.12. The zero-order valence-corrected chi connectivity index (χ0v) is 20.4. The van der Waals surface area contributed by atoms with Gasteiger partial charge < -0.3 is 20.1 Å². The molecule has 2 aromatic rings. The molecule has 0 spiro atoms. The first-order valence-corrected chi connectivity index (χ1v) is 10.1. The van der Waals surface area contributed by atoms with Gasteiger partial charge in [0, 0.05) is 42.4 Å². The molecule has 0 aliphatic carbocycles. The Morgan fingerprint density at radius 1 is 1.21 bits per heavy atom. The molecule has 28 heavy (non-hydrogen) atoms. The van der Waals surface area contributed by atoms with E-state index < -0.39 is 0 Å². The highest BCUT2D eigenvalue weighted by atomic mass is 127. The van der Waals surface area contributed by atoms with E-state index in [0.717, 1.165) is 48.2 Å². The van der Waals surface area contributed by atoms with E-state index in [9.17, 15) is 0 Å². The summed E-state index contributed by atoms with van der Waals surface area (Å²) in [6, 6.07) is 5.77. The first-order valence-electron chi connectivity index (χ1n) is 9.24. The summed E-state index contributed by atoms with van der Waals surface area (Å²) in [5, 5.41) is 9.99. The van der Waals surface area contributed by atoms with Crippen molar-refractivity contribution >= 4 is 41.3 Å². The number of hydrogen-bond acceptors (Lipinski definition) is 5. The zero-order valence-electron chi connectivity index (χ0n) is 17.2. The number of benzene rings is 1. The number of rotatable bonds is 9. The minimum atomic E-state index is 0. The average Bonchev–Trinajstić information content (AvgIpc) is 3.15. The number of nitrogens with one attached hydrogen (secondary N) is 2. The highest BCUT2D eigenvalue weighted by Gasteiger charge is 2.07. The maximum Gasteiger partial charge on any atom is 0.191 e. The van der Waals surface area contributed by atoms with Gasteiger partial charge in [-0.3, -0.25) is 0 Å². The number of methoxy groups -OCH3 is 2. The van der Waals surface area contributed by atoms with Crippen LogP contribution in [0.4, 0.5) is 0 Å². The highest BCUT2D eigenvalue weighted by Crippen LogP contribution is 2.25. The summed E-state index contributed by atoms with van der Waals surface area (Å²) < 4.78 is 10.7. The molecule has 0 unspecified atom stereocenters. The Bertz CT molecular complexity index is 750. The van der Waals surface area contributed by atoms with E-state index in [4.69, 9.17) is 9.47 Å². The summed E-state index contributed by atoms with van der Waals surface area (Å²) in [6.45, 7) is 8.51. The van der Waals surface area contributed by atoms with Crippen LogP contribution in [0.5, 0.6) is 11.5 Å². The molecule has 156 valence electrons. The minimum Gasteiger partial charge on any atom is -0.497 e. The van der Waals surface area contributed by atoms with E-state index in [0.29, 0.717) is 12.5 Å². The van der Waals surface area contributed by atoms with Crippen LogP contribution >= 0.6 is 35.3 Å². The van der Waals surface area contributed by atoms with Crippen molar-refractivity contribution in [2.75, 3.05) is 27.3 Å². The lowest BCUT2D eigenvalue weighted by atomic mass is 10.2. The van der Waals surface area contributed by atoms with Gasteiger partial charge in [0.25, 0.3) is 0 Å². The number of halogens is 1. The van der Waals surface area contributed by atoms with E-state index >= 15 is 0 Å². The molecule has 2 rings (SSSR count). The molecule has 0 atom stereocenters. The van der Waals surface area contributed by atoms with Gasteiger partial charge >= 0.3 is 0 Å². The fourth-order valence-electron chi connectivity index (χ4n) is 2.50. The van der Waals surface area contributed by atoms with E-state index in [2.05, 4.69) is 46.8 Å². The molecule has 0 saturated carbocycles. The van der Waals surface area contributed by atoms with Crippen molar-refractivity contribution in [1.29, 1.82) is 0 Å². The minimum absolute atomic E-state index is 0. The lowest BCUT2D eigenvalue weighted by Crippen LogP contribution is -2.38. The van der Waals surface area contributed by atoms with Gasteiger partial charge in [0.15, 0.2) is 5.96 Å². The smallest absolute Gasteiger partial charge is 0.191 e. The van der Waals surface area contributed by atoms with Crippen LogP contribution < -0.4 is 20.1 Å². The molecule has 0 aliphatic rings. The summed E-state index contributed by atoms with van der Waals surface area (Å²) >= 11 is 1.73. The first-order chi connectivity index (χ1) is 13.1. The lowest BCUT2D eigenvalue weighted by molar-refractivity contribution is 0.391. The van der Waals surface area contributed by atoms with Crippen molar-refractivity contribution in [3.05, 3.63) is 39.8 Å². The summed E-state index contributed by atoms with van der Waals surface area (Å²) in [7, 11) is 3.30. The number of guanidine groups is 1. The molecule has 0 amide bonds. The monoisotopic (exact) mass is 518 g/mol. The summed E-state index contributed by atoms with van der Waals surface area (Å²) in [6.07, 6.45) is 0.874. The van der Waals surface area contributed by atoms with Crippen LogP contribution in [0.3, 0.4) is 0 Å². The van der Waals surface area contributed by atoms with Crippen LogP contribution in [0.1, 0.15) is 43.0 Å². The number of ether oxygens (including phenoxy) is 2. The molecule has 0 aliphatic heterocycles. The van der Waals surface area contributed by atoms with E-state index in [1.54, 1.807) is 25.6 Å². The Balaban J connectivity index is 0.00000392. The molecule has 1 heterocycles. The van der Waals surface area contributed by atoms with Gasteiger partial charge in [0.1, 0.15) is 11.5 Å². The van der Waals surface area contributed by atoms with Crippen LogP contribution in [0, 0.1) is 0 Å². The number of aliphatic imine (C=N–C) groups is 1. The van der Waals surface area contributed by atoms with Crippen LogP contribution in [0.25, 0.3) is 0 Å². The van der Waals surface area contributed by atoms with Crippen molar-refractivity contribution in [2.45, 2.75) is 39.7 Å². The van der Waals surface area contributed by atoms with Crippen LogP contribution in [-0.4, -0.2) is 38.3 Å². The van der Waals surface area contributed by atoms with Gasteiger partial charge in [-0.1, -0.05) is 13.8 Å². The third-order valence-electron chi connectivity index (χ3n) is 3.98. The Hall–Kier alpha value is -1.55. The Labute approximate surface area is 189 Å². The SMILES string of the molecule is CCNC(=NCc1ccc(OC)cc1OC)NCCc1csc(C(C)C)n1.I. The van der Waals surface area contributed by atoms with Gasteiger partial charge in [-0.25, -0.2) is 9.98 Å². The molecule has 1 aromatic heterocycles. The van der Waals surface area contributed by atoms with Crippen molar-refractivity contribution in [2.24, 2.45) is 4.99 Å². The quantitative estimate of drug-likeness (QED) is 0.296. The fraction of sp³-hybridized carbons (Fsp3) is 0.500. The topological polar surface area (TPSA) is 67.8 Å². The van der Waals surface area contributed by atoms with Crippen molar-refractivity contribution in [1.82, 2.24) is 15.6 Å². The van der Waals surface area contributed by atoms with Crippen molar-refractivity contribution < 1.29 is 9.47 Å². The molecule has 1 aromatic carbocycles. The highest BCUT2D eigenvalue weighted by molar-refractivity contribution is 14.0. The molecule has 6 nitrogen and oxygen atoms in total. The number of thiazole rings is 1. The zero-order chi connectivity index (χ0) is 19.6. The molecule has 8 heteroatoms. The molecular formula is C20H31IN4O2S. The summed E-state index contributed by atoms with van der Waals surface area (Å²) in [5.41, 5.74) is 2.14. The Morgan fingerprint density at radius 3 is 2.61 bits per heavy atom. The standard InChI is InChI=1S/C20H30N4O2S.HI/c1-6-21-20(22-10-9-16-13-27-19(24-16)14(2)3)23-12-15-7-8-17(25-4)11-18(15)26-5;/h7-8,11,13-14H,6,9-10,12H2,1-5H3,(H2,21,22,23);1H. The van der Waals surface area contributed by atoms with Crippen molar-refractivity contribution in [3.63, 3.8) is 0 Å². The van der Waals surface area contributed by atoms with Gasteiger partial charge in [-0.15, -0.1) is 35.3 Å². The van der Waals surface area contributed by atoms with Crippen molar-refractivity contribution in [3.8, 4) is 11.5 Å². The van der Waals surface area contributed by atoms with Crippen LogP contribution in [0.2, 0.25) is 0 Å². The second kappa shape index (κ2) is 12.8. The molecule has 0 radical (unpaired) electrons. The van der Waals surface area contributed by atoms with Crippen LogP contribution in [0.15, 0.2) is 28.6 Å². The Morgan fingerprint density at radius 2 is 2.00 bits per heavy atom. The van der Waals surface area contributed by atoms with E-state index in [-0.39, 0.29) is 24.0 Å².